The lowest BCUT2D eigenvalue weighted by atomic mass is 10.1. The first-order valence-corrected chi connectivity index (χ1v) is 4.26. The molecule has 0 aliphatic rings. The molecule has 4 heteroatoms. The van der Waals surface area contributed by atoms with Crippen molar-refractivity contribution in [3.8, 4) is 5.75 Å². The van der Waals surface area contributed by atoms with Crippen LogP contribution in [0.5, 0.6) is 5.75 Å². The highest BCUT2D eigenvalue weighted by Crippen LogP contribution is 2.26. The van der Waals surface area contributed by atoms with E-state index in [9.17, 15) is 0 Å². The van der Waals surface area contributed by atoms with Gasteiger partial charge in [0.15, 0.2) is 0 Å². The van der Waals surface area contributed by atoms with E-state index in [1.54, 1.807) is 25.3 Å². The van der Waals surface area contributed by atoms with Gasteiger partial charge < -0.3 is 15.6 Å². The van der Waals surface area contributed by atoms with E-state index in [1.165, 1.54) is 0 Å². The third-order valence-electron chi connectivity index (χ3n) is 1.79. The Hall–Kier alpha value is -0.770. The number of benzene rings is 1. The van der Waals surface area contributed by atoms with Gasteiger partial charge in [0.05, 0.1) is 19.8 Å². The lowest BCUT2D eigenvalue weighted by Gasteiger charge is -2.13. The monoisotopic (exact) mass is 201 g/mol. The fraction of sp³-hybridized carbons (Fsp3) is 0.333. The molecule has 0 radical (unpaired) electrons. The van der Waals surface area contributed by atoms with Crippen molar-refractivity contribution in [3.05, 3.63) is 28.8 Å². The van der Waals surface area contributed by atoms with Crippen molar-refractivity contribution < 1.29 is 9.84 Å². The summed E-state index contributed by atoms with van der Waals surface area (Å²) in [5.41, 5.74) is 6.41. The Morgan fingerprint density at radius 2 is 2.31 bits per heavy atom. The molecule has 0 aromatic heterocycles. The van der Waals surface area contributed by atoms with E-state index in [4.69, 9.17) is 27.2 Å². The average Bonchev–Trinajstić information content (AvgIpc) is 2.16. The number of halogens is 1. The summed E-state index contributed by atoms with van der Waals surface area (Å²) < 4.78 is 5.07. The predicted octanol–water partition coefficient (Wildman–Crippen LogP) is 1.34. The smallest absolute Gasteiger partial charge is 0.125 e. The molecule has 3 nitrogen and oxygen atoms in total. The minimum absolute atomic E-state index is 0.113. The van der Waals surface area contributed by atoms with E-state index in [0.717, 1.165) is 5.56 Å². The van der Waals surface area contributed by atoms with Crippen LogP contribution in [0.1, 0.15) is 11.6 Å². The van der Waals surface area contributed by atoms with Crippen LogP contribution < -0.4 is 10.5 Å². The van der Waals surface area contributed by atoms with Crippen molar-refractivity contribution in [1.82, 2.24) is 0 Å². The molecule has 0 amide bonds. The van der Waals surface area contributed by atoms with Crippen molar-refractivity contribution in [2.24, 2.45) is 5.73 Å². The Kier molecular flexibility index (Phi) is 3.54. The third kappa shape index (κ3) is 2.34. The van der Waals surface area contributed by atoms with E-state index in [0.29, 0.717) is 10.8 Å². The largest absolute Gasteiger partial charge is 0.496 e. The zero-order chi connectivity index (χ0) is 9.84. The van der Waals surface area contributed by atoms with Crippen LogP contribution in [-0.4, -0.2) is 18.8 Å². The second kappa shape index (κ2) is 4.46. The van der Waals surface area contributed by atoms with Crippen LogP contribution >= 0.6 is 11.6 Å². The summed E-state index contributed by atoms with van der Waals surface area (Å²) in [7, 11) is 1.54. The lowest BCUT2D eigenvalue weighted by Crippen LogP contribution is -2.15. The number of ether oxygens (including phenoxy) is 1. The van der Waals surface area contributed by atoms with Crippen molar-refractivity contribution in [1.29, 1.82) is 0 Å². The maximum absolute atomic E-state index is 8.86. The Bertz CT molecular complexity index is 291. The van der Waals surface area contributed by atoms with Gasteiger partial charge >= 0.3 is 0 Å². The number of methoxy groups -OCH3 is 1. The van der Waals surface area contributed by atoms with Gasteiger partial charge in [0.1, 0.15) is 5.75 Å². The summed E-state index contributed by atoms with van der Waals surface area (Å²) in [5.74, 6) is 0.606. The maximum atomic E-state index is 8.86. The number of rotatable bonds is 3. The summed E-state index contributed by atoms with van der Waals surface area (Å²) in [5, 5.41) is 9.45. The number of aliphatic hydroxyl groups excluding tert-OH is 1. The fourth-order valence-corrected chi connectivity index (χ4v) is 1.25. The van der Waals surface area contributed by atoms with Gasteiger partial charge in [-0.1, -0.05) is 17.7 Å². The number of nitrogens with two attached hydrogens (primary N) is 1. The van der Waals surface area contributed by atoms with Crippen LogP contribution in [0.15, 0.2) is 18.2 Å². The predicted molar refractivity (Wildman–Crippen MR) is 52.0 cm³/mol. The first kappa shape index (κ1) is 10.3. The second-order valence-corrected chi connectivity index (χ2v) is 3.11. The Labute approximate surface area is 82.1 Å². The van der Waals surface area contributed by atoms with Gasteiger partial charge in [0, 0.05) is 10.6 Å². The molecule has 72 valence electrons. The van der Waals surface area contributed by atoms with Gasteiger partial charge in [-0.2, -0.15) is 0 Å². The molecule has 1 atom stereocenters. The molecule has 0 heterocycles. The standard InChI is InChI=1S/C9H12ClNO2/c1-13-9-4-6(10)2-3-7(9)8(11)5-12/h2-4,8,12H,5,11H2,1H3/t8-/m0/s1. The first-order chi connectivity index (χ1) is 6.19. The lowest BCUT2D eigenvalue weighted by molar-refractivity contribution is 0.264. The Balaban J connectivity index is 3.05. The molecular formula is C9H12ClNO2. The van der Waals surface area contributed by atoms with Crippen molar-refractivity contribution >= 4 is 11.6 Å². The fourth-order valence-electron chi connectivity index (χ4n) is 1.09. The molecule has 0 aliphatic carbocycles. The highest BCUT2D eigenvalue weighted by molar-refractivity contribution is 6.30. The van der Waals surface area contributed by atoms with Gasteiger partial charge in [-0.05, 0) is 12.1 Å². The van der Waals surface area contributed by atoms with Gasteiger partial charge in [-0.3, -0.25) is 0 Å². The van der Waals surface area contributed by atoms with Crippen molar-refractivity contribution in [2.45, 2.75) is 6.04 Å². The Morgan fingerprint density at radius 1 is 1.62 bits per heavy atom. The van der Waals surface area contributed by atoms with Crippen LogP contribution in [-0.2, 0) is 0 Å². The normalized spacial score (nSPS) is 12.6. The zero-order valence-corrected chi connectivity index (χ0v) is 8.08. The zero-order valence-electron chi connectivity index (χ0n) is 7.33. The quantitative estimate of drug-likeness (QED) is 0.776. The molecule has 0 saturated heterocycles. The highest BCUT2D eigenvalue weighted by Gasteiger charge is 2.10. The van der Waals surface area contributed by atoms with Crippen LogP contribution in [0.3, 0.4) is 0 Å². The molecule has 0 fully saturated rings. The van der Waals surface area contributed by atoms with Gasteiger partial charge in [0.2, 0.25) is 0 Å². The first-order valence-electron chi connectivity index (χ1n) is 3.89. The second-order valence-electron chi connectivity index (χ2n) is 2.68. The minimum atomic E-state index is -0.424. The molecule has 13 heavy (non-hydrogen) atoms. The van der Waals surface area contributed by atoms with Gasteiger partial charge in [0.25, 0.3) is 0 Å². The molecule has 0 spiro atoms. The highest BCUT2D eigenvalue weighted by atomic mass is 35.5. The van der Waals surface area contributed by atoms with E-state index in [-0.39, 0.29) is 6.61 Å². The number of hydrogen-bond acceptors (Lipinski definition) is 3. The van der Waals surface area contributed by atoms with Gasteiger partial charge in [-0.15, -0.1) is 0 Å². The summed E-state index contributed by atoms with van der Waals surface area (Å²) in [4.78, 5) is 0. The number of aliphatic hydroxyl groups is 1. The minimum Gasteiger partial charge on any atom is -0.496 e. The van der Waals surface area contributed by atoms with Crippen LogP contribution in [0.2, 0.25) is 5.02 Å². The molecule has 0 bridgehead atoms. The van der Waals surface area contributed by atoms with E-state index in [2.05, 4.69) is 0 Å². The maximum Gasteiger partial charge on any atom is 0.125 e. The Morgan fingerprint density at radius 3 is 2.85 bits per heavy atom. The third-order valence-corrected chi connectivity index (χ3v) is 2.03. The van der Waals surface area contributed by atoms with E-state index in [1.807, 2.05) is 0 Å². The molecule has 1 aromatic carbocycles. The number of hydrogen-bond donors (Lipinski definition) is 2. The molecule has 0 aliphatic heterocycles. The molecule has 0 unspecified atom stereocenters. The summed E-state index contributed by atoms with van der Waals surface area (Å²) in [6.45, 7) is -0.113. The summed E-state index contributed by atoms with van der Waals surface area (Å²) in [6, 6.07) is 4.72. The molecule has 0 saturated carbocycles. The summed E-state index contributed by atoms with van der Waals surface area (Å²) >= 11 is 5.76. The molecule has 1 aromatic rings. The van der Waals surface area contributed by atoms with Crippen molar-refractivity contribution in [3.63, 3.8) is 0 Å². The van der Waals surface area contributed by atoms with E-state index >= 15 is 0 Å². The van der Waals surface area contributed by atoms with Crippen LogP contribution in [0.4, 0.5) is 0 Å². The molecular weight excluding hydrogens is 190 g/mol. The molecule has 3 N–H and O–H groups in total. The summed E-state index contributed by atoms with van der Waals surface area (Å²) in [6.07, 6.45) is 0. The SMILES string of the molecule is COc1cc(Cl)ccc1[C@@H](N)CO. The molecule has 1 rings (SSSR count). The topological polar surface area (TPSA) is 55.5 Å². The van der Waals surface area contributed by atoms with Gasteiger partial charge in [-0.25, -0.2) is 0 Å². The van der Waals surface area contributed by atoms with E-state index < -0.39 is 6.04 Å². The van der Waals surface area contributed by atoms with Crippen molar-refractivity contribution in [2.75, 3.05) is 13.7 Å². The van der Waals surface area contributed by atoms with Crippen LogP contribution in [0.25, 0.3) is 0 Å². The van der Waals surface area contributed by atoms with Crippen LogP contribution in [0, 0.1) is 0 Å². The average molecular weight is 202 g/mol.